The van der Waals surface area contributed by atoms with Crippen molar-refractivity contribution in [3.63, 3.8) is 0 Å². The standard InChI is InChI=1S/C18H19NO2/c1-12-9-16-17(19-11-12)8-5-14(18(16)20)10-13-3-6-15(21-2)7-4-13/h3-4,6-7,9,11,14H,5,8,10H2,1-2H3. The highest BCUT2D eigenvalue weighted by Crippen LogP contribution is 2.28. The van der Waals surface area contributed by atoms with E-state index in [9.17, 15) is 4.79 Å². The summed E-state index contributed by atoms with van der Waals surface area (Å²) in [7, 11) is 1.66. The molecule has 3 heteroatoms. The molecule has 108 valence electrons. The van der Waals surface area contributed by atoms with Gasteiger partial charge < -0.3 is 4.74 Å². The first-order valence-corrected chi connectivity index (χ1v) is 7.30. The van der Waals surface area contributed by atoms with Gasteiger partial charge in [-0.1, -0.05) is 12.1 Å². The molecule has 1 aliphatic carbocycles. The third-order valence-electron chi connectivity index (χ3n) is 4.11. The largest absolute Gasteiger partial charge is 0.497 e. The molecule has 0 saturated carbocycles. The lowest BCUT2D eigenvalue weighted by molar-refractivity contribution is 0.0900. The van der Waals surface area contributed by atoms with Gasteiger partial charge in [0.25, 0.3) is 0 Å². The molecule has 0 spiro atoms. The maximum absolute atomic E-state index is 12.6. The average molecular weight is 281 g/mol. The number of ketones is 1. The number of Topliss-reactive ketones (excluding diaryl/α,β-unsaturated/α-hetero) is 1. The summed E-state index contributed by atoms with van der Waals surface area (Å²) in [5.74, 6) is 1.15. The Labute approximate surface area is 125 Å². The second-order valence-corrected chi connectivity index (χ2v) is 5.66. The Balaban J connectivity index is 1.79. The molecule has 0 aliphatic heterocycles. The van der Waals surface area contributed by atoms with Gasteiger partial charge in [0.1, 0.15) is 5.75 Å². The minimum Gasteiger partial charge on any atom is -0.497 e. The molecule has 3 rings (SSSR count). The fourth-order valence-corrected chi connectivity index (χ4v) is 2.91. The van der Waals surface area contributed by atoms with E-state index in [1.54, 1.807) is 7.11 Å². The van der Waals surface area contributed by atoms with Crippen LogP contribution in [-0.4, -0.2) is 17.9 Å². The second kappa shape index (κ2) is 5.68. The monoisotopic (exact) mass is 281 g/mol. The van der Waals surface area contributed by atoms with Gasteiger partial charge in [0.2, 0.25) is 0 Å². The maximum atomic E-state index is 12.6. The van der Waals surface area contributed by atoms with E-state index in [1.165, 1.54) is 5.56 Å². The smallest absolute Gasteiger partial charge is 0.168 e. The number of fused-ring (bicyclic) bond motifs is 1. The van der Waals surface area contributed by atoms with E-state index in [4.69, 9.17) is 4.74 Å². The number of nitrogens with zero attached hydrogens (tertiary/aromatic N) is 1. The number of pyridine rings is 1. The lowest BCUT2D eigenvalue weighted by Gasteiger charge is -2.23. The third kappa shape index (κ3) is 2.82. The molecule has 0 saturated heterocycles. The van der Waals surface area contributed by atoms with Crippen molar-refractivity contribution in [2.75, 3.05) is 7.11 Å². The first-order chi connectivity index (χ1) is 10.2. The molecule has 1 heterocycles. The number of hydrogen-bond donors (Lipinski definition) is 0. The van der Waals surface area contributed by atoms with Crippen molar-refractivity contribution in [1.29, 1.82) is 0 Å². The van der Waals surface area contributed by atoms with Gasteiger partial charge in [-0.2, -0.15) is 0 Å². The van der Waals surface area contributed by atoms with Gasteiger partial charge >= 0.3 is 0 Å². The molecule has 1 unspecified atom stereocenters. The fourth-order valence-electron chi connectivity index (χ4n) is 2.91. The zero-order valence-electron chi connectivity index (χ0n) is 12.4. The minimum absolute atomic E-state index is 0.0643. The fraction of sp³-hybridized carbons (Fsp3) is 0.333. The van der Waals surface area contributed by atoms with Gasteiger partial charge in [-0.15, -0.1) is 0 Å². The molecule has 0 fully saturated rings. The SMILES string of the molecule is COc1ccc(CC2CCc3ncc(C)cc3C2=O)cc1. The number of aromatic nitrogens is 1. The van der Waals surface area contributed by atoms with Crippen LogP contribution < -0.4 is 4.74 Å². The van der Waals surface area contributed by atoms with Crippen LogP contribution in [0.3, 0.4) is 0 Å². The number of hydrogen-bond acceptors (Lipinski definition) is 3. The van der Waals surface area contributed by atoms with Gasteiger partial charge in [0.15, 0.2) is 5.78 Å². The maximum Gasteiger partial charge on any atom is 0.168 e. The number of rotatable bonds is 3. The lowest BCUT2D eigenvalue weighted by atomic mass is 9.81. The molecular formula is C18H19NO2. The Hall–Kier alpha value is -2.16. The van der Waals surface area contributed by atoms with E-state index < -0.39 is 0 Å². The van der Waals surface area contributed by atoms with Gasteiger partial charge in [-0.3, -0.25) is 9.78 Å². The third-order valence-corrected chi connectivity index (χ3v) is 4.11. The quantitative estimate of drug-likeness (QED) is 0.865. The van der Waals surface area contributed by atoms with Crippen LogP contribution in [0.2, 0.25) is 0 Å². The molecule has 2 aromatic rings. The van der Waals surface area contributed by atoms with Crippen molar-refractivity contribution < 1.29 is 9.53 Å². The molecule has 1 aromatic carbocycles. The Morgan fingerprint density at radius 2 is 2.05 bits per heavy atom. The molecule has 0 amide bonds. The lowest BCUT2D eigenvalue weighted by Crippen LogP contribution is -2.25. The summed E-state index contributed by atoms with van der Waals surface area (Å²) >= 11 is 0. The number of ether oxygens (including phenoxy) is 1. The molecule has 21 heavy (non-hydrogen) atoms. The molecule has 1 aromatic heterocycles. The van der Waals surface area contributed by atoms with Crippen LogP contribution in [0.25, 0.3) is 0 Å². The number of carbonyl (C=O) groups excluding carboxylic acids is 1. The predicted molar refractivity (Wildman–Crippen MR) is 81.8 cm³/mol. The zero-order valence-corrected chi connectivity index (χ0v) is 12.4. The van der Waals surface area contributed by atoms with Crippen LogP contribution in [-0.2, 0) is 12.8 Å². The minimum atomic E-state index is 0.0643. The number of methoxy groups -OCH3 is 1. The average Bonchev–Trinajstić information content (AvgIpc) is 2.51. The van der Waals surface area contributed by atoms with E-state index in [1.807, 2.05) is 43.5 Å². The summed E-state index contributed by atoms with van der Waals surface area (Å²) in [5, 5.41) is 0. The highest BCUT2D eigenvalue weighted by Gasteiger charge is 2.28. The second-order valence-electron chi connectivity index (χ2n) is 5.66. The van der Waals surface area contributed by atoms with Crippen molar-refractivity contribution >= 4 is 5.78 Å². The summed E-state index contributed by atoms with van der Waals surface area (Å²) in [6, 6.07) is 9.95. The van der Waals surface area contributed by atoms with E-state index in [-0.39, 0.29) is 11.7 Å². The Kier molecular flexibility index (Phi) is 3.74. The molecule has 0 bridgehead atoms. The molecule has 1 aliphatic rings. The van der Waals surface area contributed by atoms with Crippen LogP contribution in [0.15, 0.2) is 36.5 Å². The van der Waals surface area contributed by atoms with Crippen molar-refractivity contribution in [3.05, 3.63) is 58.9 Å². The first kappa shape index (κ1) is 13.8. The van der Waals surface area contributed by atoms with E-state index in [0.717, 1.165) is 41.8 Å². The summed E-state index contributed by atoms with van der Waals surface area (Å²) < 4.78 is 5.16. The van der Waals surface area contributed by atoms with Crippen molar-refractivity contribution in [2.45, 2.75) is 26.2 Å². The van der Waals surface area contributed by atoms with Gasteiger partial charge in [0.05, 0.1) is 12.8 Å². The van der Waals surface area contributed by atoms with Crippen LogP contribution in [0.4, 0.5) is 0 Å². The summed E-state index contributed by atoms with van der Waals surface area (Å²) in [6.45, 7) is 1.98. The van der Waals surface area contributed by atoms with E-state index >= 15 is 0 Å². The van der Waals surface area contributed by atoms with Crippen LogP contribution in [0, 0.1) is 12.8 Å². The predicted octanol–water partition coefficient (Wildman–Crippen LogP) is 3.39. The van der Waals surface area contributed by atoms with E-state index in [0.29, 0.717) is 0 Å². The first-order valence-electron chi connectivity index (χ1n) is 7.30. The molecule has 0 N–H and O–H groups in total. The van der Waals surface area contributed by atoms with Gasteiger partial charge in [0, 0.05) is 17.7 Å². The van der Waals surface area contributed by atoms with Gasteiger partial charge in [-0.25, -0.2) is 0 Å². The van der Waals surface area contributed by atoms with Crippen molar-refractivity contribution in [1.82, 2.24) is 4.98 Å². The Morgan fingerprint density at radius 1 is 1.29 bits per heavy atom. The zero-order chi connectivity index (χ0) is 14.8. The summed E-state index contributed by atoms with van der Waals surface area (Å²) in [5.41, 5.74) is 4.00. The van der Waals surface area contributed by atoms with Crippen molar-refractivity contribution in [3.8, 4) is 5.75 Å². The number of benzene rings is 1. The highest BCUT2D eigenvalue weighted by atomic mass is 16.5. The van der Waals surface area contributed by atoms with Crippen LogP contribution in [0.1, 0.15) is 33.6 Å². The number of aryl methyl sites for hydroxylation is 2. The van der Waals surface area contributed by atoms with E-state index in [2.05, 4.69) is 4.98 Å². The number of carbonyl (C=O) groups is 1. The molecule has 0 radical (unpaired) electrons. The van der Waals surface area contributed by atoms with Gasteiger partial charge in [-0.05, 0) is 55.5 Å². The Bertz CT molecular complexity index is 661. The van der Waals surface area contributed by atoms with Crippen molar-refractivity contribution in [2.24, 2.45) is 5.92 Å². The van der Waals surface area contributed by atoms with Crippen LogP contribution >= 0.6 is 0 Å². The highest BCUT2D eigenvalue weighted by molar-refractivity contribution is 6.00. The summed E-state index contributed by atoms with van der Waals surface area (Å²) in [4.78, 5) is 17.0. The topological polar surface area (TPSA) is 39.2 Å². The Morgan fingerprint density at radius 3 is 2.76 bits per heavy atom. The normalized spacial score (nSPS) is 17.4. The summed E-state index contributed by atoms with van der Waals surface area (Å²) in [6.07, 6.45) is 4.40. The molecule has 1 atom stereocenters. The van der Waals surface area contributed by atoms with Crippen LogP contribution in [0.5, 0.6) is 5.75 Å². The molecular weight excluding hydrogens is 262 g/mol. The molecule has 3 nitrogen and oxygen atoms in total.